The van der Waals surface area contributed by atoms with Crippen LogP contribution in [0.1, 0.15) is 15.9 Å². The highest BCUT2D eigenvalue weighted by atomic mass is 79.9. The van der Waals surface area contributed by atoms with Crippen LogP contribution in [0.15, 0.2) is 45.3 Å². The number of rotatable bonds is 1. The van der Waals surface area contributed by atoms with E-state index in [1.807, 2.05) is 36.4 Å². The van der Waals surface area contributed by atoms with E-state index in [4.69, 9.17) is 5.73 Å². The molecule has 5 heteroatoms. The molecule has 20 heavy (non-hydrogen) atoms. The summed E-state index contributed by atoms with van der Waals surface area (Å²) >= 11 is 6.84. The average Bonchev–Trinajstić information content (AvgIpc) is 2.83. The number of fused-ring (bicyclic) bond motifs is 1. The first-order chi connectivity index (χ1) is 9.58. The Hall–Kier alpha value is -1.33. The van der Waals surface area contributed by atoms with E-state index in [0.29, 0.717) is 17.8 Å². The fourth-order valence-electron chi connectivity index (χ4n) is 2.50. The number of benzene rings is 2. The van der Waals surface area contributed by atoms with Crippen molar-refractivity contribution in [2.45, 2.75) is 6.42 Å². The number of carbonyl (C=O) groups excluding carboxylic acids is 1. The van der Waals surface area contributed by atoms with E-state index in [0.717, 1.165) is 26.6 Å². The molecule has 0 unspecified atom stereocenters. The van der Waals surface area contributed by atoms with Crippen LogP contribution in [0.4, 0.5) is 11.4 Å². The quantitative estimate of drug-likeness (QED) is 0.742. The van der Waals surface area contributed by atoms with Crippen LogP contribution in [-0.4, -0.2) is 12.5 Å². The van der Waals surface area contributed by atoms with Crippen LogP contribution in [0.2, 0.25) is 0 Å². The predicted octanol–water partition coefficient (Wildman–Crippen LogP) is 4.00. The monoisotopic (exact) mass is 394 g/mol. The Bertz CT molecular complexity index is 700. The molecule has 3 nitrogen and oxygen atoms in total. The molecule has 0 radical (unpaired) electrons. The third kappa shape index (κ3) is 2.25. The molecule has 0 fully saturated rings. The molecule has 1 amide bonds. The van der Waals surface area contributed by atoms with Crippen molar-refractivity contribution >= 4 is 49.1 Å². The molecular weight excluding hydrogens is 384 g/mol. The van der Waals surface area contributed by atoms with Crippen LogP contribution < -0.4 is 10.6 Å². The van der Waals surface area contributed by atoms with Gasteiger partial charge in [-0.1, -0.05) is 28.1 Å². The zero-order valence-electron chi connectivity index (χ0n) is 10.6. The van der Waals surface area contributed by atoms with Crippen molar-refractivity contribution in [1.82, 2.24) is 0 Å². The number of nitrogen functional groups attached to an aromatic ring is 1. The summed E-state index contributed by atoms with van der Waals surface area (Å²) in [5.41, 5.74) is 9.31. The first kappa shape index (κ1) is 13.6. The van der Waals surface area contributed by atoms with Gasteiger partial charge in [-0.2, -0.15) is 0 Å². The van der Waals surface area contributed by atoms with Gasteiger partial charge in [-0.25, -0.2) is 0 Å². The largest absolute Gasteiger partial charge is 0.397 e. The lowest BCUT2D eigenvalue weighted by Crippen LogP contribution is -2.29. The van der Waals surface area contributed by atoms with Crippen LogP contribution >= 0.6 is 31.9 Å². The van der Waals surface area contributed by atoms with Gasteiger partial charge in [0.15, 0.2) is 0 Å². The summed E-state index contributed by atoms with van der Waals surface area (Å²) in [6.07, 6.45) is 0.847. The van der Waals surface area contributed by atoms with Gasteiger partial charge in [0.1, 0.15) is 0 Å². The Balaban J connectivity index is 2.02. The number of hydrogen-bond donors (Lipinski definition) is 1. The molecule has 0 bridgehead atoms. The summed E-state index contributed by atoms with van der Waals surface area (Å²) in [5, 5.41) is 0. The summed E-state index contributed by atoms with van der Waals surface area (Å²) in [6, 6.07) is 11.3. The average molecular weight is 396 g/mol. The lowest BCUT2D eigenvalue weighted by atomic mass is 10.1. The first-order valence-electron chi connectivity index (χ1n) is 6.22. The van der Waals surface area contributed by atoms with Gasteiger partial charge in [0.2, 0.25) is 0 Å². The normalized spacial score (nSPS) is 13.4. The minimum absolute atomic E-state index is 0.0268. The van der Waals surface area contributed by atoms with Crippen molar-refractivity contribution in [3.8, 4) is 0 Å². The van der Waals surface area contributed by atoms with Crippen molar-refractivity contribution in [1.29, 1.82) is 0 Å². The fourth-order valence-corrected chi connectivity index (χ4v) is 3.71. The second kappa shape index (κ2) is 5.22. The highest BCUT2D eigenvalue weighted by Gasteiger charge is 2.28. The topological polar surface area (TPSA) is 46.3 Å². The van der Waals surface area contributed by atoms with E-state index in [1.165, 1.54) is 0 Å². The smallest absolute Gasteiger partial charge is 0.259 e. The van der Waals surface area contributed by atoms with E-state index in [2.05, 4.69) is 31.9 Å². The number of amides is 1. The Morgan fingerprint density at radius 1 is 1.20 bits per heavy atom. The molecule has 0 saturated heterocycles. The maximum atomic E-state index is 12.7. The van der Waals surface area contributed by atoms with Gasteiger partial charge in [-0.15, -0.1) is 0 Å². The van der Waals surface area contributed by atoms with Crippen molar-refractivity contribution in [2.24, 2.45) is 0 Å². The summed E-state index contributed by atoms with van der Waals surface area (Å²) in [4.78, 5) is 14.5. The van der Waals surface area contributed by atoms with E-state index in [9.17, 15) is 4.79 Å². The minimum atomic E-state index is -0.0268. The number of anilines is 2. The predicted molar refractivity (Wildman–Crippen MR) is 88.1 cm³/mol. The SMILES string of the molecule is Nc1cccc2c1N(C(=O)c1ccc(Br)cc1Br)CC2. The molecule has 2 N–H and O–H groups in total. The van der Waals surface area contributed by atoms with Crippen molar-refractivity contribution in [2.75, 3.05) is 17.2 Å². The number of hydrogen-bond acceptors (Lipinski definition) is 2. The Morgan fingerprint density at radius 3 is 2.75 bits per heavy atom. The molecule has 0 saturated carbocycles. The fraction of sp³-hybridized carbons (Fsp3) is 0.133. The molecule has 1 heterocycles. The molecule has 102 valence electrons. The highest BCUT2D eigenvalue weighted by Crippen LogP contribution is 2.35. The number of para-hydroxylation sites is 1. The van der Waals surface area contributed by atoms with Crippen LogP contribution in [0.3, 0.4) is 0 Å². The van der Waals surface area contributed by atoms with Gasteiger partial charge in [0, 0.05) is 15.5 Å². The standard InChI is InChI=1S/C15H12Br2N2O/c16-10-4-5-11(12(17)8-10)15(20)19-7-6-9-2-1-3-13(18)14(9)19/h1-5,8H,6-7,18H2. The number of nitrogens with two attached hydrogens (primary N) is 1. The maximum Gasteiger partial charge on any atom is 0.259 e. The second-order valence-corrected chi connectivity index (χ2v) is 6.46. The molecule has 2 aromatic carbocycles. The van der Waals surface area contributed by atoms with E-state index in [-0.39, 0.29) is 5.91 Å². The van der Waals surface area contributed by atoms with Gasteiger partial charge in [0.25, 0.3) is 5.91 Å². The number of nitrogens with zero attached hydrogens (tertiary/aromatic N) is 1. The van der Waals surface area contributed by atoms with Gasteiger partial charge in [0.05, 0.1) is 16.9 Å². The maximum absolute atomic E-state index is 12.7. The Morgan fingerprint density at radius 2 is 2.00 bits per heavy atom. The molecule has 2 aromatic rings. The summed E-state index contributed by atoms with van der Waals surface area (Å²) < 4.78 is 1.71. The number of halogens is 2. The van der Waals surface area contributed by atoms with Crippen molar-refractivity contribution < 1.29 is 4.79 Å². The molecule has 1 aliphatic heterocycles. The van der Waals surface area contributed by atoms with Crippen LogP contribution in [0, 0.1) is 0 Å². The lowest BCUT2D eigenvalue weighted by Gasteiger charge is -2.19. The van der Waals surface area contributed by atoms with Crippen LogP contribution in [-0.2, 0) is 6.42 Å². The van der Waals surface area contributed by atoms with Gasteiger partial charge < -0.3 is 10.6 Å². The zero-order chi connectivity index (χ0) is 14.3. The van der Waals surface area contributed by atoms with E-state index >= 15 is 0 Å². The van der Waals surface area contributed by atoms with Crippen molar-refractivity contribution in [3.63, 3.8) is 0 Å². The van der Waals surface area contributed by atoms with E-state index < -0.39 is 0 Å². The van der Waals surface area contributed by atoms with Crippen LogP contribution in [0.25, 0.3) is 0 Å². The molecule has 0 aliphatic carbocycles. The molecule has 0 aromatic heterocycles. The third-order valence-electron chi connectivity index (χ3n) is 3.43. The van der Waals surface area contributed by atoms with Gasteiger partial charge in [-0.3, -0.25) is 4.79 Å². The second-order valence-electron chi connectivity index (χ2n) is 4.69. The summed E-state index contributed by atoms with van der Waals surface area (Å²) in [6.45, 7) is 0.672. The van der Waals surface area contributed by atoms with Gasteiger partial charge >= 0.3 is 0 Å². The molecular formula is C15H12Br2N2O. The summed E-state index contributed by atoms with van der Waals surface area (Å²) in [7, 11) is 0. The number of carbonyl (C=O) groups is 1. The highest BCUT2D eigenvalue weighted by molar-refractivity contribution is 9.11. The minimum Gasteiger partial charge on any atom is -0.397 e. The molecule has 3 rings (SSSR count). The molecule has 0 spiro atoms. The zero-order valence-corrected chi connectivity index (χ0v) is 13.7. The third-order valence-corrected chi connectivity index (χ3v) is 4.58. The van der Waals surface area contributed by atoms with Gasteiger partial charge in [-0.05, 0) is 52.2 Å². The molecule has 1 aliphatic rings. The van der Waals surface area contributed by atoms with Crippen LogP contribution in [0.5, 0.6) is 0 Å². The first-order valence-corrected chi connectivity index (χ1v) is 7.81. The Labute approximate surface area is 134 Å². The van der Waals surface area contributed by atoms with Crippen molar-refractivity contribution in [3.05, 3.63) is 56.5 Å². The lowest BCUT2D eigenvalue weighted by molar-refractivity contribution is 0.0988. The summed E-state index contributed by atoms with van der Waals surface area (Å²) in [5.74, 6) is -0.0268. The molecule has 0 atom stereocenters. The van der Waals surface area contributed by atoms with E-state index in [1.54, 1.807) is 4.90 Å². The Kier molecular flexibility index (Phi) is 3.56.